The average molecular weight is 447 g/mol. The lowest BCUT2D eigenvalue weighted by Gasteiger charge is -2.23. The van der Waals surface area contributed by atoms with Crippen LogP contribution in [0.15, 0.2) is 59.4 Å². The van der Waals surface area contributed by atoms with Gasteiger partial charge in [0, 0.05) is 17.8 Å². The zero-order valence-electron chi connectivity index (χ0n) is 17.7. The SMILES string of the molecule is CCOC(=O)c1ccc(NC(=O)[C@H]2CC(=O)Nc3nc(Nc4ccccc4)[nH]c(=O)c32)cc1. The first kappa shape index (κ1) is 21.8. The van der Waals surface area contributed by atoms with Crippen LogP contribution in [0.4, 0.5) is 23.1 Å². The number of nitrogens with zero attached hydrogens (tertiary/aromatic N) is 1. The van der Waals surface area contributed by atoms with Gasteiger partial charge in [-0.05, 0) is 43.3 Å². The van der Waals surface area contributed by atoms with E-state index in [1.165, 1.54) is 12.1 Å². The third-order valence-electron chi connectivity index (χ3n) is 4.97. The molecule has 10 nitrogen and oxygen atoms in total. The number of hydrogen-bond donors (Lipinski definition) is 4. The maximum atomic E-state index is 12.9. The standard InChI is InChI=1S/C23H21N5O5/c1-2-33-22(32)13-8-10-15(11-9-13)24-20(30)16-12-17(29)26-19-18(16)21(31)28-23(27-19)25-14-6-4-3-5-7-14/h3-11,16H,2,12H2,1H3,(H,24,30)(H3,25,26,27,28,29,31)/t16-/m0/s1. The van der Waals surface area contributed by atoms with E-state index in [0.29, 0.717) is 16.9 Å². The minimum atomic E-state index is -1.03. The number of rotatable bonds is 6. The zero-order chi connectivity index (χ0) is 23.4. The van der Waals surface area contributed by atoms with Crippen LogP contribution in [0.1, 0.15) is 35.2 Å². The maximum Gasteiger partial charge on any atom is 0.338 e. The minimum Gasteiger partial charge on any atom is -0.462 e. The largest absolute Gasteiger partial charge is 0.462 e. The first-order chi connectivity index (χ1) is 15.9. The molecule has 10 heteroatoms. The molecule has 2 aromatic carbocycles. The van der Waals surface area contributed by atoms with Crippen LogP contribution in [0.2, 0.25) is 0 Å². The molecule has 168 valence electrons. The summed E-state index contributed by atoms with van der Waals surface area (Å²) in [6, 6.07) is 15.2. The second-order valence-corrected chi connectivity index (χ2v) is 7.26. The van der Waals surface area contributed by atoms with Crippen molar-refractivity contribution in [1.29, 1.82) is 0 Å². The third-order valence-corrected chi connectivity index (χ3v) is 4.97. The number of esters is 1. The number of ether oxygens (including phenoxy) is 1. The fourth-order valence-corrected chi connectivity index (χ4v) is 3.45. The Morgan fingerprint density at radius 3 is 2.48 bits per heavy atom. The number of nitrogens with one attached hydrogen (secondary N) is 4. The van der Waals surface area contributed by atoms with Gasteiger partial charge in [-0.25, -0.2) is 4.79 Å². The molecular formula is C23H21N5O5. The van der Waals surface area contributed by atoms with Gasteiger partial charge in [0.25, 0.3) is 5.56 Å². The van der Waals surface area contributed by atoms with Crippen molar-refractivity contribution in [2.45, 2.75) is 19.3 Å². The molecule has 0 unspecified atom stereocenters. The Morgan fingerprint density at radius 2 is 1.79 bits per heavy atom. The minimum absolute atomic E-state index is 0.0336. The molecule has 1 aliphatic rings. The highest BCUT2D eigenvalue weighted by Gasteiger charge is 2.34. The highest BCUT2D eigenvalue weighted by atomic mass is 16.5. The molecule has 0 spiro atoms. The van der Waals surface area contributed by atoms with Crippen LogP contribution in [-0.4, -0.2) is 34.4 Å². The van der Waals surface area contributed by atoms with Gasteiger partial charge in [-0.3, -0.25) is 19.4 Å². The second kappa shape index (κ2) is 9.35. The van der Waals surface area contributed by atoms with Crippen LogP contribution in [0.25, 0.3) is 0 Å². The molecular weight excluding hydrogens is 426 g/mol. The normalized spacial score (nSPS) is 14.6. The second-order valence-electron chi connectivity index (χ2n) is 7.26. The van der Waals surface area contributed by atoms with Gasteiger partial charge in [0.2, 0.25) is 17.8 Å². The van der Waals surface area contributed by atoms with Crippen LogP contribution in [0.3, 0.4) is 0 Å². The van der Waals surface area contributed by atoms with Gasteiger partial charge in [-0.1, -0.05) is 18.2 Å². The van der Waals surface area contributed by atoms with E-state index in [4.69, 9.17) is 4.74 Å². The monoisotopic (exact) mass is 447 g/mol. The number of aromatic amines is 1. The smallest absolute Gasteiger partial charge is 0.338 e. The van der Waals surface area contributed by atoms with Crippen LogP contribution in [-0.2, 0) is 14.3 Å². The van der Waals surface area contributed by atoms with E-state index in [1.54, 1.807) is 31.2 Å². The topological polar surface area (TPSA) is 142 Å². The summed E-state index contributed by atoms with van der Waals surface area (Å²) in [6.45, 7) is 1.97. The van der Waals surface area contributed by atoms with Crippen LogP contribution < -0.4 is 21.5 Å². The van der Waals surface area contributed by atoms with Crippen molar-refractivity contribution in [3.8, 4) is 0 Å². The van der Waals surface area contributed by atoms with E-state index in [2.05, 4.69) is 25.9 Å². The van der Waals surface area contributed by atoms with E-state index in [9.17, 15) is 19.2 Å². The summed E-state index contributed by atoms with van der Waals surface area (Å²) in [5.41, 5.74) is 0.997. The molecule has 0 fully saturated rings. The molecule has 0 aliphatic carbocycles. The van der Waals surface area contributed by atoms with Gasteiger partial charge < -0.3 is 20.7 Å². The van der Waals surface area contributed by atoms with E-state index in [0.717, 1.165) is 0 Å². The van der Waals surface area contributed by atoms with E-state index in [1.807, 2.05) is 18.2 Å². The molecule has 33 heavy (non-hydrogen) atoms. The Hall–Kier alpha value is -4.47. The Kier molecular flexibility index (Phi) is 6.16. The van der Waals surface area contributed by atoms with Gasteiger partial charge in [0.05, 0.1) is 23.7 Å². The number of fused-ring (bicyclic) bond motifs is 1. The fourth-order valence-electron chi connectivity index (χ4n) is 3.45. The highest BCUT2D eigenvalue weighted by molar-refractivity contribution is 6.04. The molecule has 0 saturated heterocycles. The molecule has 4 N–H and O–H groups in total. The Balaban J connectivity index is 1.56. The summed E-state index contributed by atoms with van der Waals surface area (Å²) in [5, 5.41) is 8.21. The first-order valence-electron chi connectivity index (χ1n) is 10.3. The summed E-state index contributed by atoms with van der Waals surface area (Å²) >= 11 is 0. The number of aromatic nitrogens is 2. The molecule has 0 bridgehead atoms. The molecule has 2 amide bonds. The van der Waals surface area contributed by atoms with Crippen molar-refractivity contribution in [1.82, 2.24) is 9.97 Å². The van der Waals surface area contributed by atoms with Crippen LogP contribution in [0, 0.1) is 0 Å². The van der Waals surface area contributed by atoms with E-state index < -0.39 is 29.3 Å². The molecule has 3 aromatic rings. The lowest BCUT2D eigenvalue weighted by Crippen LogP contribution is -2.36. The van der Waals surface area contributed by atoms with Gasteiger partial charge >= 0.3 is 5.97 Å². The lowest BCUT2D eigenvalue weighted by molar-refractivity contribution is -0.123. The Labute approximate surface area is 188 Å². The van der Waals surface area contributed by atoms with Crippen molar-refractivity contribution in [3.05, 3.63) is 76.1 Å². The lowest BCUT2D eigenvalue weighted by atomic mass is 9.92. The highest BCUT2D eigenvalue weighted by Crippen LogP contribution is 2.30. The van der Waals surface area contributed by atoms with Crippen molar-refractivity contribution < 1.29 is 19.1 Å². The third kappa shape index (κ3) is 4.90. The number of anilines is 4. The average Bonchev–Trinajstić information content (AvgIpc) is 2.79. The van der Waals surface area contributed by atoms with Crippen molar-refractivity contribution in [2.24, 2.45) is 0 Å². The molecule has 0 saturated carbocycles. The Morgan fingerprint density at radius 1 is 1.06 bits per heavy atom. The van der Waals surface area contributed by atoms with Gasteiger partial charge in [0.15, 0.2) is 0 Å². The maximum absolute atomic E-state index is 12.9. The number of para-hydroxylation sites is 1. The number of H-pyrrole nitrogens is 1. The zero-order valence-corrected chi connectivity index (χ0v) is 17.7. The first-order valence-corrected chi connectivity index (χ1v) is 10.3. The number of carbonyl (C=O) groups excluding carboxylic acids is 3. The van der Waals surface area contributed by atoms with Gasteiger partial charge in [0.1, 0.15) is 5.82 Å². The van der Waals surface area contributed by atoms with Crippen LogP contribution >= 0.6 is 0 Å². The molecule has 1 aliphatic heterocycles. The summed E-state index contributed by atoms with van der Waals surface area (Å²) in [5.74, 6) is -2.28. The molecule has 4 rings (SSSR count). The van der Waals surface area contributed by atoms with Gasteiger partial charge in [-0.2, -0.15) is 4.98 Å². The van der Waals surface area contributed by atoms with Crippen LogP contribution in [0.5, 0.6) is 0 Å². The predicted octanol–water partition coefficient (Wildman–Crippen LogP) is 2.75. The molecule has 1 atom stereocenters. The fraction of sp³-hybridized carbons (Fsp3) is 0.174. The molecule has 0 radical (unpaired) electrons. The van der Waals surface area contributed by atoms with Crippen molar-refractivity contribution in [2.75, 3.05) is 22.6 Å². The summed E-state index contributed by atoms with van der Waals surface area (Å²) in [4.78, 5) is 56.7. The number of amides is 2. The number of benzene rings is 2. The molecule has 2 heterocycles. The summed E-state index contributed by atoms with van der Waals surface area (Å²) < 4.78 is 4.93. The number of hydrogen-bond acceptors (Lipinski definition) is 7. The predicted molar refractivity (Wildman–Crippen MR) is 122 cm³/mol. The van der Waals surface area contributed by atoms with Gasteiger partial charge in [-0.15, -0.1) is 0 Å². The number of carbonyl (C=O) groups is 3. The van der Waals surface area contributed by atoms with Crippen molar-refractivity contribution >= 4 is 40.9 Å². The van der Waals surface area contributed by atoms with E-state index >= 15 is 0 Å². The Bertz CT molecular complexity index is 1250. The van der Waals surface area contributed by atoms with E-state index in [-0.39, 0.29) is 30.4 Å². The van der Waals surface area contributed by atoms with Crippen molar-refractivity contribution in [3.63, 3.8) is 0 Å². The summed E-state index contributed by atoms with van der Waals surface area (Å²) in [6.07, 6.45) is -0.198. The molecule has 1 aromatic heterocycles. The quantitative estimate of drug-likeness (QED) is 0.426. The summed E-state index contributed by atoms with van der Waals surface area (Å²) in [7, 11) is 0.